The average molecular weight is 507 g/mol. The first-order chi connectivity index (χ1) is 18.1. The molecule has 1 fully saturated rings. The van der Waals surface area contributed by atoms with Crippen LogP contribution in [0.2, 0.25) is 0 Å². The molecule has 1 aliphatic heterocycles. The van der Waals surface area contributed by atoms with Crippen LogP contribution >= 0.6 is 0 Å². The standard InChI is InChI=1S/C30H34O7/c1-22(31)33-21-26-27(34-18-23-12-6-3-7-13-23)28(35-19-24-14-8-4-9-15-24)29(30(32-2)37-26)36-20-25-16-10-5-11-17-25/h3-17,26-30H,18-21H2,1-2H3/t26-,27-,28+,29+,30-/m1/s1. The van der Waals surface area contributed by atoms with E-state index in [9.17, 15) is 4.79 Å². The van der Waals surface area contributed by atoms with Crippen molar-refractivity contribution in [3.05, 3.63) is 108 Å². The first-order valence-electron chi connectivity index (χ1n) is 12.4. The van der Waals surface area contributed by atoms with Gasteiger partial charge in [0.2, 0.25) is 0 Å². The number of rotatable bonds is 12. The molecule has 1 saturated heterocycles. The lowest BCUT2D eigenvalue weighted by Crippen LogP contribution is -2.61. The Morgan fingerprint density at radius 1 is 0.676 bits per heavy atom. The zero-order valence-corrected chi connectivity index (χ0v) is 21.2. The first kappa shape index (κ1) is 27.0. The molecule has 0 aliphatic carbocycles. The van der Waals surface area contributed by atoms with Gasteiger partial charge in [-0.15, -0.1) is 0 Å². The van der Waals surface area contributed by atoms with Crippen molar-refractivity contribution >= 4 is 5.97 Å². The molecule has 196 valence electrons. The molecule has 4 rings (SSSR count). The summed E-state index contributed by atoms with van der Waals surface area (Å²) in [6, 6.07) is 29.7. The van der Waals surface area contributed by atoms with Crippen LogP contribution in [0.3, 0.4) is 0 Å². The Kier molecular flexibility index (Phi) is 10.2. The molecular weight excluding hydrogens is 472 g/mol. The van der Waals surface area contributed by atoms with Gasteiger partial charge in [0.05, 0.1) is 19.8 Å². The van der Waals surface area contributed by atoms with E-state index in [1.807, 2.05) is 91.0 Å². The van der Waals surface area contributed by atoms with E-state index < -0.39 is 36.7 Å². The Morgan fingerprint density at radius 2 is 1.11 bits per heavy atom. The van der Waals surface area contributed by atoms with Crippen LogP contribution in [0.15, 0.2) is 91.0 Å². The second-order valence-corrected chi connectivity index (χ2v) is 8.86. The summed E-state index contributed by atoms with van der Waals surface area (Å²) in [5, 5.41) is 0. The SMILES string of the molecule is CO[C@@H]1O[C@H](COC(C)=O)[C@@H](OCc2ccccc2)[C@H](OCc2ccccc2)[C@@H]1OCc1ccccc1. The van der Waals surface area contributed by atoms with Crippen LogP contribution in [-0.2, 0) is 53.0 Å². The zero-order chi connectivity index (χ0) is 25.9. The third-order valence-electron chi connectivity index (χ3n) is 6.13. The van der Waals surface area contributed by atoms with Crippen molar-refractivity contribution in [3.8, 4) is 0 Å². The van der Waals surface area contributed by atoms with Gasteiger partial charge in [0, 0.05) is 14.0 Å². The quantitative estimate of drug-likeness (QED) is 0.331. The second kappa shape index (κ2) is 14.0. The Bertz CT molecular complexity index is 1060. The number of hydrogen-bond donors (Lipinski definition) is 0. The lowest BCUT2D eigenvalue weighted by Gasteiger charge is -2.45. The predicted octanol–water partition coefficient (Wildman–Crippen LogP) is 4.68. The topological polar surface area (TPSA) is 72.5 Å². The van der Waals surface area contributed by atoms with E-state index in [2.05, 4.69) is 0 Å². The fraction of sp³-hybridized carbons (Fsp3) is 0.367. The van der Waals surface area contributed by atoms with Crippen molar-refractivity contribution in [2.75, 3.05) is 13.7 Å². The summed E-state index contributed by atoms with van der Waals surface area (Å²) in [4.78, 5) is 11.6. The molecule has 5 atom stereocenters. The maximum atomic E-state index is 11.6. The van der Waals surface area contributed by atoms with E-state index in [4.69, 9.17) is 28.4 Å². The Hall–Kier alpha value is -3.07. The molecule has 37 heavy (non-hydrogen) atoms. The summed E-state index contributed by atoms with van der Waals surface area (Å²) in [6.07, 6.45) is -3.11. The minimum atomic E-state index is -0.749. The highest BCUT2D eigenvalue weighted by atomic mass is 16.7. The molecule has 0 unspecified atom stereocenters. The van der Waals surface area contributed by atoms with Gasteiger partial charge in [-0.25, -0.2) is 0 Å². The lowest BCUT2D eigenvalue weighted by molar-refractivity contribution is -0.321. The van der Waals surface area contributed by atoms with Gasteiger partial charge in [0.15, 0.2) is 6.29 Å². The molecule has 0 saturated carbocycles. The van der Waals surface area contributed by atoms with Crippen LogP contribution in [0.1, 0.15) is 23.6 Å². The average Bonchev–Trinajstić information content (AvgIpc) is 2.94. The Morgan fingerprint density at radius 3 is 1.54 bits per heavy atom. The van der Waals surface area contributed by atoms with Crippen LogP contribution in [-0.4, -0.2) is 50.4 Å². The van der Waals surface area contributed by atoms with E-state index in [0.717, 1.165) is 16.7 Å². The van der Waals surface area contributed by atoms with Crippen LogP contribution in [0.5, 0.6) is 0 Å². The predicted molar refractivity (Wildman–Crippen MR) is 137 cm³/mol. The summed E-state index contributed by atoms with van der Waals surface area (Å²) >= 11 is 0. The number of hydrogen-bond acceptors (Lipinski definition) is 7. The molecule has 0 amide bonds. The Labute approximate surface area is 218 Å². The van der Waals surface area contributed by atoms with Gasteiger partial charge in [0.25, 0.3) is 0 Å². The largest absolute Gasteiger partial charge is 0.463 e. The third kappa shape index (κ3) is 7.95. The Balaban J connectivity index is 1.60. The maximum Gasteiger partial charge on any atom is 0.302 e. The molecule has 0 bridgehead atoms. The third-order valence-corrected chi connectivity index (χ3v) is 6.13. The van der Waals surface area contributed by atoms with Crippen molar-refractivity contribution in [3.63, 3.8) is 0 Å². The highest BCUT2D eigenvalue weighted by Crippen LogP contribution is 2.31. The smallest absolute Gasteiger partial charge is 0.302 e. The van der Waals surface area contributed by atoms with Gasteiger partial charge in [0.1, 0.15) is 31.0 Å². The van der Waals surface area contributed by atoms with Gasteiger partial charge in [-0.2, -0.15) is 0 Å². The fourth-order valence-corrected chi connectivity index (χ4v) is 4.27. The van der Waals surface area contributed by atoms with Crippen LogP contribution < -0.4 is 0 Å². The van der Waals surface area contributed by atoms with E-state index >= 15 is 0 Å². The summed E-state index contributed by atoms with van der Waals surface area (Å²) in [5.41, 5.74) is 3.04. The number of carbonyl (C=O) groups excluding carboxylic acids is 1. The molecule has 7 nitrogen and oxygen atoms in total. The van der Waals surface area contributed by atoms with E-state index in [0.29, 0.717) is 19.8 Å². The van der Waals surface area contributed by atoms with E-state index in [-0.39, 0.29) is 6.61 Å². The molecule has 3 aromatic rings. The molecule has 0 spiro atoms. The molecule has 3 aromatic carbocycles. The number of carbonyl (C=O) groups is 1. The fourth-order valence-electron chi connectivity index (χ4n) is 4.27. The van der Waals surface area contributed by atoms with Gasteiger partial charge >= 0.3 is 5.97 Å². The van der Waals surface area contributed by atoms with E-state index in [1.54, 1.807) is 7.11 Å². The molecular formula is C30H34O7. The van der Waals surface area contributed by atoms with Crippen LogP contribution in [0, 0.1) is 0 Å². The summed E-state index contributed by atoms with van der Waals surface area (Å²) in [5.74, 6) is -0.399. The number of methoxy groups -OCH3 is 1. The molecule has 0 radical (unpaired) electrons. The van der Waals surface area contributed by atoms with Crippen LogP contribution in [0.4, 0.5) is 0 Å². The second-order valence-electron chi connectivity index (χ2n) is 8.86. The normalized spacial score (nSPS) is 23.5. The molecule has 1 heterocycles. The van der Waals surface area contributed by atoms with Crippen LogP contribution in [0.25, 0.3) is 0 Å². The lowest BCUT2D eigenvalue weighted by atomic mass is 9.98. The number of benzene rings is 3. The van der Waals surface area contributed by atoms with Crippen molar-refractivity contribution < 1.29 is 33.2 Å². The molecule has 0 N–H and O–H groups in total. The molecule has 1 aliphatic rings. The number of ether oxygens (including phenoxy) is 6. The maximum absolute atomic E-state index is 11.6. The zero-order valence-electron chi connectivity index (χ0n) is 21.2. The van der Waals surface area contributed by atoms with Gasteiger partial charge < -0.3 is 28.4 Å². The summed E-state index contributed by atoms with van der Waals surface area (Å²) in [7, 11) is 1.56. The van der Waals surface area contributed by atoms with E-state index in [1.165, 1.54) is 6.92 Å². The van der Waals surface area contributed by atoms with Gasteiger partial charge in [-0.3, -0.25) is 4.79 Å². The molecule has 7 heteroatoms. The minimum absolute atomic E-state index is 0.00521. The highest BCUT2D eigenvalue weighted by Gasteiger charge is 2.49. The molecule has 0 aromatic heterocycles. The first-order valence-corrected chi connectivity index (χ1v) is 12.4. The summed E-state index contributed by atoms with van der Waals surface area (Å²) in [6.45, 7) is 2.40. The summed E-state index contributed by atoms with van der Waals surface area (Å²) < 4.78 is 36.5. The minimum Gasteiger partial charge on any atom is -0.463 e. The van der Waals surface area contributed by atoms with Crippen molar-refractivity contribution in [2.45, 2.75) is 57.5 Å². The number of esters is 1. The van der Waals surface area contributed by atoms with Crippen molar-refractivity contribution in [2.24, 2.45) is 0 Å². The van der Waals surface area contributed by atoms with Gasteiger partial charge in [-0.05, 0) is 16.7 Å². The highest BCUT2D eigenvalue weighted by molar-refractivity contribution is 5.65. The van der Waals surface area contributed by atoms with Crippen molar-refractivity contribution in [1.82, 2.24) is 0 Å². The van der Waals surface area contributed by atoms with Crippen molar-refractivity contribution in [1.29, 1.82) is 0 Å². The van der Waals surface area contributed by atoms with Gasteiger partial charge in [-0.1, -0.05) is 91.0 Å². The monoisotopic (exact) mass is 506 g/mol.